The highest BCUT2D eigenvalue weighted by Crippen LogP contribution is 2.35. The number of hydrogen-bond acceptors (Lipinski definition) is 6. The smallest absolute Gasteiger partial charge is 0.422 e. The molecule has 9 heteroatoms. The third kappa shape index (κ3) is 12.7. The maximum Gasteiger partial charge on any atom is 0.422 e. The largest absolute Gasteiger partial charge is 0.493 e. The van der Waals surface area contributed by atoms with Gasteiger partial charge in [-0.2, -0.15) is 13.2 Å². The Labute approximate surface area is 224 Å². The fourth-order valence-corrected chi connectivity index (χ4v) is 3.56. The van der Waals surface area contributed by atoms with Gasteiger partial charge in [-0.1, -0.05) is 33.8 Å². The van der Waals surface area contributed by atoms with Crippen LogP contribution in [0.4, 0.5) is 13.2 Å². The fraction of sp³-hybridized carbons (Fsp3) is 0.655. The molecule has 0 amide bonds. The van der Waals surface area contributed by atoms with Gasteiger partial charge in [0.15, 0.2) is 18.1 Å². The quantitative estimate of drug-likeness (QED) is 0.116. The molecule has 6 nitrogen and oxygen atoms in total. The predicted molar refractivity (Wildman–Crippen MR) is 141 cm³/mol. The lowest BCUT2D eigenvalue weighted by atomic mass is 9.74. The molecule has 0 spiro atoms. The molecule has 1 aromatic carbocycles. The number of halogens is 3. The van der Waals surface area contributed by atoms with Gasteiger partial charge < -0.3 is 18.9 Å². The lowest BCUT2D eigenvalue weighted by molar-refractivity contribution is -0.182. The summed E-state index contributed by atoms with van der Waals surface area (Å²) >= 11 is 0. The van der Waals surface area contributed by atoms with Crippen LogP contribution in [0.2, 0.25) is 0 Å². The average molecular weight is 545 g/mol. The van der Waals surface area contributed by atoms with Crippen LogP contribution in [0.1, 0.15) is 78.7 Å². The Morgan fingerprint density at radius 3 is 2.18 bits per heavy atom. The molecule has 0 heterocycles. The van der Waals surface area contributed by atoms with Crippen LogP contribution in [-0.2, 0) is 19.1 Å². The number of methoxy groups -OCH3 is 1. The summed E-state index contributed by atoms with van der Waals surface area (Å²) in [6.45, 7) is 9.71. The Kier molecular flexibility index (Phi) is 14.3. The predicted octanol–water partition coefficient (Wildman–Crippen LogP) is 7.39. The molecule has 216 valence electrons. The second kappa shape index (κ2) is 16.3. The van der Waals surface area contributed by atoms with Crippen molar-refractivity contribution in [2.24, 2.45) is 17.3 Å². The van der Waals surface area contributed by atoms with Gasteiger partial charge >= 0.3 is 18.1 Å². The Morgan fingerprint density at radius 2 is 1.61 bits per heavy atom. The molecule has 0 aliphatic carbocycles. The zero-order chi connectivity index (χ0) is 28.8. The highest BCUT2D eigenvalue weighted by atomic mass is 19.4. The molecule has 0 N–H and O–H groups in total. The molecule has 0 aliphatic rings. The average Bonchev–Trinajstić information content (AvgIpc) is 2.85. The zero-order valence-electron chi connectivity index (χ0n) is 23.5. The van der Waals surface area contributed by atoms with Gasteiger partial charge in [0.2, 0.25) is 0 Å². The molecule has 1 atom stereocenters. The number of rotatable bonds is 17. The number of carbonyl (C=O) groups excluding carboxylic acids is 2. The number of hydrogen-bond donors (Lipinski definition) is 0. The summed E-state index contributed by atoms with van der Waals surface area (Å²) in [6.07, 6.45) is 2.94. The summed E-state index contributed by atoms with van der Waals surface area (Å²) in [6, 6.07) is 4.94. The molecular weight excluding hydrogens is 501 g/mol. The van der Waals surface area contributed by atoms with E-state index in [1.165, 1.54) is 13.2 Å². The monoisotopic (exact) mass is 544 g/mol. The summed E-state index contributed by atoms with van der Waals surface area (Å²) in [4.78, 5) is 24.1. The van der Waals surface area contributed by atoms with Crippen molar-refractivity contribution in [2.75, 3.05) is 26.9 Å². The molecule has 0 saturated heterocycles. The van der Waals surface area contributed by atoms with E-state index in [-0.39, 0.29) is 11.9 Å². The first-order valence-electron chi connectivity index (χ1n) is 13.2. The molecule has 1 aromatic rings. The van der Waals surface area contributed by atoms with Gasteiger partial charge in [0.25, 0.3) is 0 Å². The van der Waals surface area contributed by atoms with E-state index >= 15 is 0 Å². The van der Waals surface area contributed by atoms with Gasteiger partial charge in [0, 0.05) is 6.08 Å². The first kappa shape index (κ1) is 33.3. The number of esters is 2. The topological polar surface area (TPSA) is 71.1 Å². The molecule has 38 heavy (non-hydrogen) atoms. The van der Waals surface area contributed by atoms with Gasteiger partial charge in [0.05, 0.1) is 25.7 Å². The molecule has 0 saturated carbocycles. The van der Waals surface area contributed by atoms with Gasteiger partial charge in [-0.3, -0.25) is 4.79 Å². The van der Waals surface area contributed by atoms with Crippen molar-refractivity contribution in [2.45, 2.75) is 79.3 Å². The number of carbonyl (C=O) groups is 2. The van der Waals surface area contributed by atoms with E-state index < -0.39 is 24.2 Å². The first-order chi connectivity index (χ1) is 17.8. The molecule has 1 rings (SSSR count). The van der Waals surface area contributed by atoms with Crippen LogP contribution in [0.25, 0.3) is 6.08 Å². The van der Waals surface area contributed by atoms with E-state index in [9.17, 15) is 22.8 Å². The highest BCUT2D eigenvalue weighted by molar-refractivity contribution is 5.87. The van der Waals surface area contributed by atoms with Crippen molar-refractivity contribution in [1.82, 2.24) is 0 Å². The fourth-order valence-electron chi connectivity index (χ4n) is 3.56. The third-order valence-electron chi connectivity index (χ3n) is 6.49. The summed E-state index contributed by atoms with van der Waals surface area (Å²) in [5.41, 5.74) is 0.0873. The second-order valence-electron chi connectivity index (χ2n) is 10.4. The summed E-state index contributed by atoms with van der Waals surface area (Å²) < 4.78 is 57.2. The van der Waals surface area contributed by atoms with Crippen LogP contribution in [-0.4, -0.2) is 45.0 Å². The van der Waals surface area contributed by atoms with Crippen LogP contribution in [0, 0.1) is 17.3 Å². The van der Waals surface area contributed by atoms with Crippen LogP contribution in [0.5, 0.6) is 11.5 Å². The Morgan fingerprint density at radius 1 is 0.947 bits per heavy atom. The maximum absolute atomic E-state index is 12.7. The highest BCUT2D eigenvalue weighted by Gasteiger charge is 2.37. The minimum absolute atomic E-state index is 0.111. The van der Waals surface area contributed by atoms with E-state index in [4.69, 9.17) is 14.2 Å². The zero-order valence-corrected chi connectivity index (χ0v) is 23.5. The van der Waals surface area contributed by atoms with E-state index in [1.54, 1.807) is 18.2 Å². The van der Waals surface area contributed by atoms with E-state index in [0.29, 0.717) is 36.2 Å². The standard InChI is InChI=1S/C29H43F3O6/c1-21(2)15-16-28(5,22(3)4)27(34)37-18-10-8-7-9-17-36-24-13-11-23(19-25(24)35-6)12-14-26(33)38-20-29(30,31)32/h11-14,19,21-22H,7-10,15-18,20H2,1-6H3/b14-12+. The number of ether oxygens (including phenoxy) is 4. The lowest BCUT2D eigenvalue weighted by Crippen LogP contribution is -2.35. The van der Waals surface area contributed by atoms with E-state index in [1.807, 2.05) is 6.92 Å². The molecular formula is C29H43F3O6. The Hall–Kier alpha value is -2.71. The van der Waals surface area contributed by atoms with Gasteiger partial charge in [-0.15, -0.1) is 0 Å². The SMILES string of the molecule is COc1cc(/C=C/C(=O)OCC(F)(F)F)ccc1OCCCCCCOC(=O)C(C)(CCC(C)C)C(C)C. The second-order valence-corrected chi connectivity index (χ2v) is 10.4. The van der Waals surface area contributed by atoms with Crippen LogP contribution in [0.15, 0.2) is 24.3 Å². The van der Waals surface area contributed by atoms with Crippen LogP contribution >= 0.6 is 0 Å². The van der Waals surface area contributed by atoms with Crippen molar-refractivity contribution < 1.29 is 41.7 Å². The van der Waals surface area contributed by atoms with Crippen molar-refractivity contribution in [1.29, 1.82) is 0 Å². The summed E-state index contributed by atoms with van der Waals surface area (Å²) in [5, 5.41) is 0. The Balaban J connectivity index is 2.38. The Bertz CT molecular complexity index is 895. The maximum atomic E-state index is 12.7. The van der Waals surface area contributed by atoms with Crippen LogP contribution in [0.3, 0.4) is 0 Å². The molecule has 0 bridgehead atoms. The van der Waals surface area contributed by atoms with Crippen molar-refractivity contribution in [3.05, 3.63) is 29.8 Å². The molecule has 0 aliphatic heterocycles. The van der Waals surface area contributed by atoms with Gasteiger partial charge in [-0.25, -0.2) is 4.79 Å². The van der Waals surface area contributed by atoms with E-state index in [2.05, 4.69) is 32.4 Å². The van der Waals surface area contributed by atoms with Gasteiger partial charge in [0.1, 0.15) is 0 Å². The summed E-state index contributed by atoms with van der Waals surface area (Å²) in [5.74, 6) is 0.522. The van der Waals surface area contributed by atoms with Gasteiger partial charge in [-0.05, 0) is 81.1 Å². The van der Waals surface area contributed by atoms with Crippen molar-refractivity contribution >= 4 is 18.0 Å². The number of alkyl halides is 3. The normalized spacial score (nSPS) is 13.6. The molecule has 0 aromatic heterocycles. The van der Waals surface area contributed by atoms with Crippen molar-refractivity contribution in [3.63, 3.8) is 0 Å². The summed E-state index contributed by atoms with van der Waals surface area (Å²) in [7, 11) is 1.47. The minimum atomic E-state index is -4.57. The first-order valence-corrected chi connectivity index (χ1v) is 13.2. The lowest BCUT2D eigenvalue weighted by Gasteiger charge is -2.32. The minimum Gasteiger partial charge on any atom is -0.493 e. The molecule has 0 radical (unpaired) electrons. The number of unbranched alkanes of at least 4 members (excludes halogenated alkanes) is 3. The third-order valence-corrected chi connectivity index (χ3v) is 6.49. The molecule has 0 fully saturated rings. The van der Waals surface area contributed by atoms with Crippen molar-refractivity contribution in [3.8, 4) is 11.5 Å². The molecule has 1 unspecified atom stereocenters. The van der Waals surface area contributed by atoms with E-state index in [0.717, 1.165) is 44.6 Å². The van der Waals surface area contributed by atoms with Crippen LogP contribution < -0.4 is 9.47 Å². The number of benzene rings is 1.